The van der Waals surface area contributed by atoms with Crippen molar-refractivity contribution in [2.45, 2.75) is 19.3 Å². The van der Waals surface area contributed by atoms with Crippen LogP contribution in [-0.4, -0.2) is 28.8 Å². The van der Waals surface area contributed by atoms with Crippen molar-refractivity contribution in [2.75, 3.05) is 6.61 Å². The van der Waals surface area contributed by atoms with Gasteiger partial charge >= 0.3 is 11.9 Å². The number of hydrogen-bond donors (Lipinski definition) is 2. The monoisotopic (exact) mass is 262 g/mol. The van der Waals surface area contributed by atoms with Gasteiger partial charge in [-0.15, -0.1) is 0 Å². The highest BCUT2D eigenvalue weighted by Crippen LogP contribution is 2.35. The van der Waals surface area contributed by atoms with Gasteiger partial charge in [-0.1, -0.05) is 12.1 Å². The Labute approximate surface area is 110 Å². The molecule has 100 valence electrons. The number of allylic oxidation sites excluding steroid dienone is 1. The van der Waals surface area contributed by atoms with Gasteiger partial charge in [0.25, 0.3) is 0 Å². The van der Waals surface area contributed by atoms with E-state index in [0.717, 1.165) is 6.61 Å². The van der Waals surface area contributed by atoms with Crippen molar-refractivity contribution in [3.05, 3.63) is 46.7 Å². The molecule has 1 aliphatic carbocycles. The largest absolute Gasteiger partial charge is 0.498 e. The third-order valence-electron chi connectivity index (χ3n) is 3.12. The molecule has 0 aromatic heterocycles. The summed E-state index contributed by atoms with van der Waals surface area (Å²) in [5.41, 5.74) is 1.20. The summed E-state index contributed by atoms with van der Waals surface area (Å²) in [5.74, 6) is -1.15. The van der Waals surface area contributed by atoms with Gasteiger partial charge in [0.05, 0.1) is 23.5 Å². The van der Waals surface area contributed by atoms with Crippen LogP contribution in [0.4, 0.5) is 0 Å². The highest BCUT2D eigenvalue weighted by Gasteiger charge is 2.23. The van der Waals surface area contributed by atoms with Gasteiger partial charge in [0.2, 0.25) is 0 Å². The van der Waals surface area contributed by atoms with Crippen LogP contribution in [0.25, 0.3) is 0 Å². The van der Waals surface area contributed by atoms with Crippen molar-refractivity contribution in [1.82, 2.24) is 0 Å². The first kappa shape index (κ1) is 13.1. The van der Waals surface area contributed by atoms with Gasteiger partial charge in [-0.2, -0.15) is 0 Å². The molecule has 0 saturated heterocycles. The average Bonchev–Trinajstić information content (AvgIpc) is 2.69. The zero-order chi connectivity index (χ0) is 13.8. The van der Waals surface area contributed by atoms with E-state index in [2.05, 4.69) is 0 Å². The fourth-order valence-electron chi connectivity index (χ4n) is 2.00. The summed E-state index contributed by atoms with van der Waals surface area (Å²) < 4.78 is 5.23. The molecule has 5 heteroatoms. The average molecular weight is 262 g/mol. The Hall–Kier alpha value is -2.30. The van der Waals surface area contributed by atoms with E-state index in [1.807, 2.05) is 0 Å². The Morgan fingerprint density at radius 2 is 1.53 bits per heavy atom. The molecule has 0 saturated carbocycles. The lowest BCUT2D eigenvalue weighted by Gasteiger charge is -2.12. The number of carboxylic acids is 2. The van der Waals surface area contributed by atoms with E-state index in [1.54, 1.807) is 5.57 Å². The minimum Gasteiger partial charge on any atom is -0.498 e. The Bertz CT molecular complexity index is 498. The van der Waals surface area contributed by atoms with Gasteiger partial charge in [-0.25, -0.2) is 9.59 Å². The van der Waals surface area contributed by atoms with E-state index in [-0.39, 0.29) is 11.1 Å². The predicted molar refractivity (Wildman–Crippen MR) is 67.2 cm³/mol. The van der Waals surface area contributed by atoms with Gasteiger partial charge in [-0.3, -0.25) is 0 Å². The van der Waals surface area contributed by atoms with E-state index in [1.165, 1.54) is 49.3 Å². The van der Waals surface area contributed by atoms with Crippen LogP contribution >= 0.6 is 0 Å². The SMILES string of the molecule is C1CC2=C(CC2)O1.O=C(O)c1ccccc1C(=O)O. The molecule has 1 aliphatic heterocycles. The first-order chi connectivity index (χ1) is 9.09. The molecule has 0 amide bonds. The highest BCUT2D eigenvalue weighted by atomic mass is 16.5. The van der Waals surface area contributed by atoms with Crippen molar-refractivity contribution < 1.29 is 24.5 Å². The molecule has 5 nitrogen and oxygen atoms in total. The van der Waals surface area contributed by atoms with Gasteiger partial charge in [0.1, 0.15) is 0 Å². The van der Waals surface area contributed by atoms with Gasteiger partial charge in [0, 0.05) is 12.8 Å². The van der Waals surface area contributed by atoms with Crippen LogP contribution in [0.15, 0.2) is 35.6 Å². The van der Waals surface area contributed by atoms with Gasteiger partial charge < -0.3 is 14.9 Å². The zero-order valence-corrected chi connectivity index (χ0v) is 10.3. The minimum atomic E-state index is -1.23. The number of hydrogen-bond acceptors (Lipinski definition) is 3. The molecule has 1 aromatic rings. The van der Waals surface area contributed by atoms with Crippen molar-refractivity contribution >= 4 is 11.9 Å². The molecule has 0 radical (unpaired) electrons. The summed E-state index contributed by atoms with van der Waals surface area (Å²) in [5, 5.41) is 17.1. The standard InChI is InChI=1S/C8H6O4.C6H8O/c9-7(10)5-3-1-2-4-6(5)8(11)12;1-2-6-5(1)3-4-7-6/h1-4H,(H,9,10)(H,11,12);1-4H2. The summed E-state index contributed by atoms with van der Waals surface area (Å²) >= 11 is 0. The molecule has 0 atom stereocenters. The Balaban J connectivity index is 0.000000159. The van der Waals surface area contributed by atoms with Crippen LogP contribution in [0.5, 0.6) is 0 Å². The van der Waals surface area contributed by atoms with Crippen LogP contribution in [0.2, 0.25) is 0 Å². The molecule has 2 N–H and O–H groups in total. The van der Waals surface area contributed by atoms with Gasteiger partial charge in [-0.05, 0) is 24.1 Å². The van der Waals surface area contributed by atoms with Crippen LogP contribution in [0.3, 0.4) is 0 Å². The lowest BCUT2D eigenvalue weighted by atomic mass is 9.96. The molecule has 19 heavy (non-hydrogen) atoms. The molecule has 3 rings (SSSR count). The Morgan fingerprint density at radius 3 is 1.79 bits per heavy atom. The van der Waals surface area contributed by atoms with Crippen LogP contribution in [0, 0.1) is 0 Å². The molecule has 0 bridgehead atoms. The summed E-state index contributed by atoms with van der Waals surface area (Å²) in [6.45, 7) is 0.963. The number of aromatic carboxylic acids is 2. The van der Waals surface area contributed by atoms with Crippen LogP contribution in [-0.2, 0) is 4.74 Å². The number of benzene rings is 1. The maximum absolute atomic E-state index is 10.5. The first-order valence-electron chi connectivity index (χ1n) is 5.99. The molecule has 2 aliphatic rings. The summed E-state index contributed by atoms with van der Waals surface area (Å²) in [7, 11) is 0. The Morgan fingerprint density at radius 1 is 0.947 bits per heavy atom. The molecular weight excluding hydrogens is 248 g/mol. The normalized spacial score (nSPS) is 15.6. The Kier molecular flexibility index (Phi) is 3.85. The molecule has 0 unspecified atom stereocenters. The minimum absolute atomic E-state index is 0.190. The maximum Gasteiger partial charge on any atom is 0.336 e. The number of carboxylic acid groups (broad SMARTS) is 2. The lowest BCUT2D eigenvalue weighted by molar-refractivity contribution is 0.0651. The van der Waals surface area contributed by atoms with Crippen LogP contribution < -0.4 is 0 Å². The topological polar surface area (TPSA) is 83.8 Å². The van der Waals surface area contributed by atoms with E-state index >= 15 is 0 Å². The van der Waals surface area contributed by atoms with Crippen molar-refractivity contribution in [1.29, 1.82) is 0 Å². The van der Waals surface area contributed by atoms with E-state index in [9.17, 15) is 9.59 Å². The van der Waals surface area contributed by atoms with Crippen molar-refractivity contribution in [3.63, 3.8) is 0 Å². The second-order valence-corrected chi connectivity index (χ2v) is 4.28. The van der Waals surface area contributed by atoms with E-state index in [0.29, 0.717) is 0 Å². The highest BCUT2D eigenvalue weighted by molar-refractivity contribution is 6.01. The summed E-state index contributed by atoms with van der Waals surface area (Å²) in [4.78, 5) is 20.9. The molecule has 1 aromatic carbocycles. The molecule has 1 heterocycles. The maximum atomic E-state index is 10.5. The number of carbonyl (C=O) groups is 2. The predicted octanol–water partition coefficient (Wildman–Crippen LogP) is 2.54. The van der Waals surface area contributed by atoms with Crippen molar-refractivity contribution in [2.24, 2.45) is 0 Å². The second-order valence-electron chi connectivity index (χ2n) is 4.28. The quantitative estimate of drug-likeness (QED) is 0.855. The third-order valence-corrected chi connectivity index (χ3v) is 3.12. The third kappa shape index (κ3) is 2.93. The zero-order valence-electron chi connectivity index (χ0n) is 10.3. The van der Waals surface area contributed by atoms with E-state index < -0.39 is 11.9 Å². The molecule has 0 spiro atoms. The smallest absolute Gasteiger partial charge is 0.336 e. The summed E-state index contributed by atoms with van der Waals surface area (Å²) in [6.07, 6.45) is 3.75. The number of rotatable bonds is 2. The van der Waals surface area contributed by atoms with Gasteiger partial charge in [0.15, 0.2) is 0 Å². The molecular formula is C14H14O5. The fraction of sp³-hybridized carbons (Fsp3) is 0.286. The summed E-state index contributed by atoms with van der Waals surface area (Å²) in [6, 6.07) is 5.48. The van der Waals surface area contributed by atoms with Crippen LogP contribution in [0.1, 0.15) is 40.0 Å². The second kappa shape index (κ2) is 5.56. The fourth-order valence-corrected chi connectivity index (χ4v) is 2.00. The first-order valence-corrected chi connectivity index (χ1v) is 5.99. The van der Waals surface area contributed by atoms with Crippen molar-refractivity contribution in [3.8, 4) is 0 Å². The molecule has 0 fully saturated rings. The number of ether oxygens (including phenoxy) is 1. The van der Waals surface area contributed by atoms with E-state index in [4.69, 9.17) is 14.9 Å². The lowest BCUT2D eigenvalue weighted by Crippen LogP contribution is -2.06.